The lowest BCUT2D eigenvalue weighted by molar-refractivity contribution is -0.122. The Labute approximate surface area is 157 Å². The molecule has 1 aliphatic carbocycles. The van der Waals surface area contributed by atoms with Gasteiger partial charge in [-0.2, -0.15) is 0 Å². The highest BCUT2D eigenvalue weighted by Gasteiger charge is 2.48. The molecule has 2 atom stereocenters. The van der Waals surface area contributed by atoms with E-state index in [-0.39, 0.29) is 23.7 Å². The number of halogens is 1. The van der Waals surface area contributed by atoms with Crippen LogP contribution in [0.1, 0.15) is 17.5 Å². The molecule has 6 heteroatoms. The van der Waals surface area contributed by atoms with E-state index in [0.29, 0.717) is 22.8 Å². The number of ether oxygens (including phenoxy) is 1. The summed E-state index contributed by atoms with van der Waals surface area (Å²) >= 11 is 6.23. The van der Waals surface area contributed by atoms with Crippen molar-refractivity contribution < 1.29 is 14.3 Å². The zero-order chi connectivity index (χ0) is 18.8. The van der Waals surface area contributed by atoms with E-state index in [1.54, 1.807) is 31.4 Å². The molecule has 0 aromatic heterocycles. The lowest BCUT2D eigenvalue weighted by atomic mass is 10.1. The molecule has 5 nitrogen and oxygen atoms in total. The van der Waals surface area contributed by atoms with E-state index in [1.165, 1.54) is 0 Å². The third-order valence-electron chi connectivity index (χ3n) is 4.50. The molecule has 1 fully saturated rings. The summed E-state index contributed by atoms with van der Waals surface area (Å²) in [5, 5.41) is 6.21. The summed E-state index contributed by atoms with van der Waals surface area (Å²) in [6.45, 7) is 3.85. The number of benzene rings is 2. The topological polar surface area (TPSA) is 67.4 Å². The zero-order valence-electron chi connectivity index (χ0n) is 14.9. The molecule has 1 saturated carbocycles. The van der Waals surface area contributed by atoms with Crippen molar-refractivity contribution in [2.24, 2.45) is 11.8 Å². The summed E-state index contributed by atoms with van der Waals surface area (Å²) in [5.74, 6) is -0.251. The number of amides is 2. The quantitative estimate of drug-likeness (QED) is 0.827. The monoisotopic (exact) mass is 372 g/mol. The Morgan fingerprint density at radius 1 is 1.04 bits per heavy atom. The van der Waals surface area contributed by atoms with Crippen molar-refractivity contribution >= 4 is 34.8 Å². The Bertz CT molecular complexity index is 826. The van der Waals surface area contributed by atoms with Crippen LogP contribution < -0.4 is 15.4 Å². The fraction of sp³-hybridized carbons (Fsp3) is 0.300. The summed E-state index contributed by atoms with van der Waals surface area (Å²) in [5.41, 5.74) is 3.24. The Kier molecular flexibility index (Phi) is 5.18. The summed E-state index contributed by atoms with van der Waals surface area (Å²) in [7, 11) is 1.59. The third-order valence-corrected chi connectivity index (χ3v) is 4.80. The highest BCUT2D eigenvalue weighted by atomic mass is 35.5. The number of anilines is 2. The van der Waals surface area contributed by atoms with Crippen LogP contribution in [-0.2, 0) is 9.59 Å². The minimum absolute atomic E-state index is 0.151. The van der Waals surface area contributed by atoms with E-state index in [2.05, 4.69) is 10.6 Å². The second kappa shape index (κ2) is 7.38. The maximum absolute atomic E-state index is 12.4. The number of hydrogen-bond donors (Lipinski definition) is 2. The van der Waals surface area contributed by atoms with E-state index in [4.69, 9.17) is 16.3 Å². The first kappa shape index (κ1) is 18.3. The van der Waals surface area contributed by atoms with Crippen LogP contribution in [0.2, 0.25) is 5.02 Å². The number of methoxy groups -OCH3 is 1. The highest BCUT2D eigenvalue weighted by molar-refractivity contribution is 6.34. The average Bonchev–Trinajstić information content (AvgIpc) is 3.39. The first-order chi connectivity index (χ1) is 12.4. The van der Waals surface area contributed by atoms with Crippen LogP contribution in [0, 0.1) is 25.7 Å². The van der Waals surface area contributed by atoms with Crippen LogP contribution in [-0.4, -0.2) is 18.9 Å². The van der Waals surface area contributed by atoms with Gasteiger partial charge in [0.05, 0.1) is 29.7 Å². The van der Waals surface area contributed by atoms with Gasteiger partial charge < -0.3 is 15.4 Å². The Morgan fingerprint density at radius 3 is 2.23 bits per heavy atom. The van der Waals surface area contributed by atoms with Crippen molar-refractivity contribution in [3.63, 3.8) is 0 Å². The Balaban J connectivity index is 1.59. The highest BCUT2D eigenvalue weighted by Crippen LogP contribution is 2.41. The molecule has 0 heterocycles. The molecule has 26 heavy (non-hydrogen) atoms. The van der Waals surface area contributed by atoms with Crippen LogP contribution in [0.15, 0.2) is 36.4 Å². The normalized spacial score (nSPS) is 18.2. The molecule has 3 rings (SSSR count). The second-order valence-corrected chi connectivity index (χ2v) is 7.00. The van der Waals surface area contributed by atoms with Gasteiger partial charge in [-0.25, -0.2) is 0 Å². The van der Waals surface area contributed by atoms with Crippen molar-refractivity contribution in [1.82, 2.24) is 0 Å². The molecule has 2 aromatic rings. The van der Waals surface area contributed by atoms with Crippen molar-refractivity contribution in [1.29, 1.82) is 0 Å². The molecule has 136 valence electrons. The van der Waals surface area contributed by atoms with Crippen LogP contribution in [0.3, 0.4) is 0 Å². The third kappa shape index (κ3) is 3.99. The van der Waals surface area contributed by atoms with Crippen LogP contribution >= 0.6 is 11.6 Å². The molecule has 1 aliphatic rings. The standard InChI is InChI=1S/C20H21ClN2O3/c1-11-8-12(2)18(17(21)9-11)23-20(25)16-10-15(16)19(24)22-13-4-6-14(26-3)7-5-13/h4-9,15-16H,10H2,1-3H3,(H,22,24)(H,23,25). The molecule has 0 saturated heterocycles. The number of aryl methyl sites for hydroxylation is 2. The fourth-order valence-electron chi connectivity index (χ4n) is 2.97. The Morgan fingerprint density at radius 2 is 1.65 bits per heavy atom. The van der Waals surface area contributed by atoms with Gasteiger partial charge in [-0.1, -0.05) is 17.7 Å². The molecule has 2 N–H and O–H groups in total. The van der Waals surface area contributed by atoms with Crippen molar-refractivity contribution in [3.8, 4) is 5.75 Å². The predicted octanol–water partition coefficient (Wildman–Crippen LogP) is 4.18. The number of carbonyl (C=O) groups excluding carboxylic acids is 2. The van der Waals surface area contributed by atoms with Gasteiger partial charge in [0.15, 0.2) is 0 Å². The molecule has 0 radical (unpaired) electrons. The molecular formula is C20H21ClN2O3. The fourth-order valence-corrected chi connectivity index (χ4v) is 3.34. The predicted molar refractivity (Wildman–Crippen MR) is 103 cm³/mol. The summed E-state index contributed by atoms with van der Waals surface area (Å²) in [6.07, 6.45) is 0.538. The van der Waals surface area contributed by atoms with Crippen molar-refractivity contribution in [3.05, 3.63) is 52.5 Å². The smallest absolute Gasteiger partial charge is 0.228 e. The van der Waals surface area contributed by atoms with Gasteiger partial charge in [0.25, 0.3) is 0 Å². The number of hydrogen-bond acceptors (Lipinski definition) is 3. The first-order valence-electron chi connectivity index (χ1n) is 8.41. The molecule has 2 unspecified atom stereocenters. The second-order valence-electron chi connectivity index (χ2n) is 6.59. The van der Waals surface area contributed by atoms with Gasteiger partial charge in [-0.3, -0.25) is 9.59 Å². The minimum Gasteiger partial charge on any atom is -0.497 e. The number of rotatable bonds is 5. The molecule has 2 amide bonds. The Hall–Kier alpha value is -2.53. The largest absolute Gasteiger partial charge is 0.497 e. The molecular weight excluding hydrogens is 352 g/mol. The van der Waals surface area contributed by atoms with Gasteiger partial charge in [0.2, 0.25) is 11.8 Å². The first-order valence-corrected chi connectivity index (χ1v) is 8.79. The summed E-state index contributed by atoms with van der Waals surface area (Å²) < 4.78 is 5.09. The van der Waals surface area contributed by atoms with Gasteiger partial charge in [-0.15, -0.1) is 0 Å². The molecule has 2 aromatic carbocycles. The van der Waals surface area contributed by atoms with Gasteiger partial charge in [0, 0.05) is 5.69 Å². The molecule has 0 spiro atoms. The zero-order valence-corrected chi connectivity index (χ0v) is 15.7. The van der Waals surface area contributed by atoms with Crippen molar-refractivity contribution in [2.45, 2.75) is 20.3 Å². The summed E-state index contributed by atoms with van der Waals surface area (Å²) in [6, 6.07) is 10.9. The van der Waals surface area contributed by atoms with Crippen LogP contribution in [0.5, 0.6) is 5.75 Å². The van der Waals surface area contributed by atoms with Crippen LogP contribution in [0.25, 0.3) is 0 Å². The number of carbonyl (C=O) groups is 2. The van der Waals surface area contributed by atoms with E-state index in [9.17, 15) is 9.59 Å². The molecule has 0 aliphatic heterocycles. The van der Waals surface area contributed by atoms with Gasteiger partial charge in [-0.05, 0) is 61.7 Å². The van der Waals surface area contributed by atoms with E-state index in [0.717, 1.165) is 16.9 Å². The van der Waals surface area contributed by atoms with Crippen molar-refractivity contribution in [2.75, 3.05) is 17.7 Å². The van der Waals surface area contributed by atoms with Gasteiger partial charge >= 0.3 is 0 Å². The van der Waals surface area contributed by atoms with Gasteiger partial charge in [0.1, 0.15) is 5.75 Å². The lowest BCUT2D eigenvalue weighted by Crippen LogP contribution is -2.21. The van der Waals surface area contributed by atoms with E-state index in [1.807, 2.05) is 26.0 Å². The maximum atomic E-state index is 12.4. The maximum Gasteiger partial charge on any atom is 0.228 e. The van der Waals surface area contributed by atoms with Crippen LogP contribution in [0.4, 0.5) is 11.4 Å². The minimum atomic E-state index is -0.329. The lowest BCUT2D eigenvalue weighted by Gasteiger charge is -2.11. The number of nitrogens with one attached hydrogen (secondary N) is 2. The summed E-state index contributed by atoms with van der Waals surface area (Å²) in [4.78, 5) is 24.8. The SMILES string of the molecule is COc1ccc(NC(=O)C2CC2C(=O)Nc2c(C)cc(C)cc2Cl)cc1. The van der Waals surface area contributed by atoms with E-state index >= 15 is 0 Å². The molecule has 0 bridgehead atoms. The average molecular weight is 373 g/mol. The van der Waals surface area contributed by atoms with E-state index < -0.39 is 0 Å².